The summed E-state index contributed by atoms with van der Waals surface area (Å²) in [6.45, 7) is 1.81. The Morgan fingerprint density at radius 2 is 1.53 bits per heavy atom. The molecule has 34 heavy (non-hydrogen) atoms. The fourth-order valence-electron chi connectivity index (χ4n) is 3.32. The van der Waals surface area contributed by atoms with Crippen molar-refractivity contribution in [2.45, 2.75) is 17.1 Å². The monoisotopic (exact) mass is 471 g/mol. The largest absolute Gasteiger partial charge is 0.478 e. The number of benzene rings is 3. The van der Waals surface area contributed by atoms with E-state index < -0.39 is 11.9 Å². The number of para-hydroxylation sites is 1. The summed E-state index contributed by atoms with van der Waals surface area (Å²) >= 11 is 1.38. The lowest BCUT2D eigenvalue weighted by molar-refractivity contribution is -0.115. The van der Waals surface area contributed by atoms with Gasteiger partial charge in [0.1, 0.15) is 0 Å². The highest BCUT2D eigenvalue weighted by atomic mass is 32.2. The number of nitrogens with one attached hydrogen (secondary N) is 2. The summed E-state index contributed by atoms with van der Waals surface area (Å²) < 4.78 is 0. The van der Waals surface area contributed by atoms with Crippen LogP contribution in [-0.4, -0.2) is 33.1 Å². The number of amides is 2. The van der Waals surface area contributed by atoms with E-state index in [1.807, 2.05) is 37.3 Å². The molecular weight excluding hydrogens is 450 g/mol. The molecular formula is C26H21N3O4S. The van der Waals surface area contributed by atoms with Crippen molar-refractivity contribution >= 4 is 51.8 Å². The lowest BCUT2D eigenvalue weighted by Crippen LogP contribution is -2.22. The highest BCUT2D eigenvalue weighted by molar-refractivity contribution is 8.00. The van der Waals surface area contributed by atoms with Crippen LogP contribution < -0.4 is 10.6 Å². The summed E-state index contributed by atoms with van der Waals surface area (Å²) in [5.74, 6) is -1.82. The van der Waals surface area contributed by atoms with Gasteiger partial charge in [0.25, 0.3) is 5.91 Å². The number of anilines is 2. The lowest BCUT2D eigenvalue weighted by atomic mass is 10.1. The number of carboxylic acids is 1. The van der Waals surface area contributed by atoms with Crippen molar-refractivity contribution in [3.63, 3.8) is 0 Å². The van der Waals surface area contributed by atoms with Gasteiger partial charge in [-0.2, -0.15) is 0 Å². The molecule has 1 aromatic heterocycles. The summed E-state index contributed by atoms with van der Waals surface area (Å²) in [4.78, 5) is 41.7. The minimum Gasteiger partial charge on any atom is -0.478 e. The van der Waals surface area contributed by atoms with Crippen LogP contribution in [0.5, 0.6) is 0 Å². The predicted molar refractivity (Wildman–Crippen MR) is 133 cm³/mol. The fraction of sp³-hybridized carbons (Fsp3) is 0.0769. The minimum absolute atomic E-state index is 0.0615. The molecule has 3 N–H and O–H groups in total. The van der Waals surface area contributed by atoms with E-state index in [4.69, 9.17) is 0 Å². The number of hydrogen-bond acceptors (Lipinski definition) is 5. The Labute approximate surface area is 200 Å². The van der Waals surface area contributed by atoms with Crippen molar-refractivity contribution in [3.05, 3.63) is 96.2 Å². The van der Waals surface area contributed by atoms with E-state index in [2.05, 4.69) is 15.6 Å². The quantitative estimate of drug-likeness (QED) is 0.316. The Bertz CT molecular complexity index is 1370. The number of carbonyl (C=O) groups is 3. The SMILES string of the molecule is C[C@H](Sc1ccc(NC(=O)c2ccccc2C(=O)O)cc1)C(=O)Nc1cnc2ccccc2c1. The smallest absolute Gasteiger partial charge is 0.336 e. The van der Waals surface area contributed by atoms with E-state index in [0.717, 1.165) is 15.8 Å². The van der Waals surface area contributed by atoms with Crippen LogP contribution in [-0.2, 0) is 4.79 Å². The van der Waals surface area contributed by atoms with Gasteiger partial charge in [0.2, 0.25) is 5.91 Å². The second-order valence-corrected chi connectivity index (χ2v) is 8.91. The molecule has 4 aromatic rings. The third kappa shape index (κ3) is 5.41. The number of thioether (sulfide) groups is 1. The van der Waals surface area contributed by atoms with Crippen LogP contribution in [0.15, 0.2) is 90.0 Å². The molecule has 0 aliphatic carbocycles. The fourth-order valence-corrected chi connectivity index (χ4v) is 4.19. The Kier molecular flexibility index (Phi) is 6.89. The number of fused-ring (bicyclic) bond motifs is 1. The zero-order valence-corrected chi connectivity index (χ0v) is 19.0. The standard InChI is InChI=1S/C26H21N3O4S/c1-16(24(30)29-19-14-17-6-2-5-9-23(17)27-15-19)34-20-12-10-18(11-13-20)28-25(31)21-7-3-4-8-22(21)26(32)33/h2-16H,1H3,(H,28,31)(H,29,30)(H,32,33)/t16-/m0/s1. The van der Waals surface area contributed by atoms with Crippen LogP contribution in [0.1, 0.15) is 27.6 Å². The van der Waals surface area contributed by atoms with Gasteiger partial charge in [-0.05, 0) is 55.5 Å². The predicted octanol–water partition coefficient (Wildman–Crippen LogP) is 5.30. The molecule has 170 valence electrons. The average molecular weight is 472 g/mol. The van der Waals surface area contributed by atoms with Gasteiger partial charge in [0, 0.05) is 16.0 Å². The molecule has 0 fully saturated rings. The first-order valence-corrected chi connectivity index (χ1v) is 11.3. The Morgan fingerprint density at radius 3 is 2.26 bits per heavy atom. The van der Waals surface area contributed by atoms with Crippen LogP contribution in [0.25, 0.3) is 10.9 Å². The van der Waals surface area contributed by atoms with Gasteiger partial charge in [0.05, 0.1) is 33.8 Å². The second kappa shape index (κ2) is 10.2. The molecule has 2 amide bonds. The molecule has 0 saturated heterocycles. The Hall–Kier alpha value is -4.17. The van der Waals surface area contributed by atoms with Crippen LogP contribution in [0.2, 0.25) is 0 Å². The number of pyridine rings is 1. The van der Waals surface area contributed by atoms with E-state index in [9.17, 15) is 19.5 Å². The second-order valence-electron chi connectivity index (χ2n) is 7.50. The molecule has 3 aromatic carbocycles. The molecule has 0 spiro atoms. The number of rotatable bonds is 7. The molecule has 1 heterocycles. The molecule has 1 atom stereocenters. The highest BCUT2D eigenvalue weighted by Crippen LogP contribution is 2.26. The minimum atomic E-state index is -1.16. The summed E-state index contributed by atoms with van der Waals surface area (Å²) in [5, 5.41) is 15.5. The zero-order valence-electron chi connectivity index (χ0n) is 18.2. The van der Waals surface area contributed by atoms with Crippen LogP contribution in [0, 0.1) is 0 Å². The molecule has 0 aliphatic heterocycles. The summed E-state index contributed by atoms with van der Waals surface area (Å²) in [6, 6.07) is 22.6. The normalized spacial score (nSPS) is 11.6. The van der Waals surface area contributed by atoms with E-state index in [-0.39, 0.29) is 22.3 Å². The van der Waals surface area contributed by atoms with Gasteiger partial charge < -0.3 is 15.7 Å². The molecule has 8 heteroatoms. The number of hydrogen-bond donors (Lipinski definition) is 3. The number of nitrogens with zero attached hydrogens (tertiary/aromatic N) is 1. The first-order valence-electron chi connectivity index (χ1n) is 10.5. The van der Waals surface area contributed by atoms with Crippen molar-refractivity contribution in [1.29, 1.82) is 0 Å². The highest BCUT2D eigenvalue weighted by Gasteiger charge is 2.17. The maximum atomic E-state index is 12.6. The number of carboxylic acid groups (broad SMARTS) is 1. The van der Waals surface area contributed by atoms with Gasteiger partial charge in [-0.15, -0.1) is 11.8 Å². The Balaban J connectivity index is 1.36. The molecule has 4 rings (SSSR count). The average Bonchev–Trinajstić information content (AvgIpc) is 2.85. The van der Waals surface area contributed by atoms with Gasteiger partial charge in [0.15, 0.2) is 0 Å². The third-order valence-electron chi connectivity index (χ3n) is 5.05. The van der Waals surface area contributed by atoms with Crippen molar-refractivity contribution in [2.75, 3.05) is 10.6 Å². The first-order chi connectivity index (χ1) is 16.4. The van der Waals surface area contributed by atoms with Gasteiger partial charge in [-0.1, -0.05) is 30.3 Å². The summed E-state index contributed by atoms with van der Waals surface area (Å²) in [5.41, 5.74) is 2.04. The molecule has 7 nitrogen and oxygen atoms in total. The van der Waals surface area contributed by atoms with Crippen LogP contribution in [0.3, 0.4) is 0 Å². The maximum Gasteiger partial charge on any atom is 0.336 e. The van der Waals surface area contributed by atoms with E-state index in [1.165, 1.54) is 23.9 Å². The molecule has 0 unspecified atom stereocenters. The first kappa shape index (κ1) is 23.0. The van der Waals surface area contributed by atoms with Gasteiger partial charge >= 0.3 is 5.97 Å². The molecule has 0 bridgehead atoms. The van der Waals surface area contributed by atoms with Crippen molar-refractivity contribution in [2.24, 2.45) is 0 Å². The lowest BCUT2D eigenvalue weighted by Gasteiger charge is -2.13. The van der Waals surface area contributed by atoms with Crippen molar-refractivity contribution < 1.29 is 19.5 Å². The van der Waals surface area contributed by atoms with Crippen LogP contribution in [0.4, 0.5) is 11.4 Å². The summed E-state index contributed by atoms with van der Waals surface area (Å²) in [6.07, 6.45) is 1.64. The van der Waals surface area contributed by atoms with Gasteiger partial charge in [-0.3, -0.25) is 14.6 Å². The van der Waals surface area contributed by atoms with Crippen molar-refractivity contribution in [3.8, 4) is 0 Å². The van der Waals surface area contributed by atoms with E-state index in [0.29, 0.717) is 11.4 Å². The van der Waals surface area contributed by atoms with Crippen LogP contribution >= 0.6 is 11.8 Å². The molecule has 0 radical (unpaired) electrons. The van der Waals surface area contributed by atoms with E-state index >= 15 is 0 Å². The third-order valence-corrected chi connectivity index (χ3v) is 6.17. The van der Waals surface area contributed by atoms with E-state index in [1.54, 1.807) is 42.6 Å². The number of aromatic nitrogens is 1. The summed E-state index contributed by atoms with van der Waals surface area (Å²) in [7, 11) is 0. The number of carbonyl (C=O) groups excluding carboxylic acids is 2. The molecule has 0 saturated carbocycles. The zero-order chi connectivity index (χ0) is 24.1. The van der Waals surface area contributed by atoms with Crippen molar-refractivity contribution in [1.82, 2.24) is 4.98 Å². The number of aromatic carboxylic acids is 1. The topological polar surface area (TPSA) is 108 Å². The molecule has 0 aliphatic rings. The Morgan fingerprint density at radius 1 is 0.853 bits per heavy atom. The van der Waals surface area contributed by atoms with Gasteiger partial charge in [-0.25, -0.2) is 4.79 Å². The maximum absolute atomic E-state index is 12.6.